The van der Waals surface area contributed by atoms with Crippen molar-refractivity contribution >= 4 is 17.5 Å². The number of rotatable bonds is 4. The maximum absolute atomic E-state index is 12.5. The van der Waals surface area contributed by atoms with Crippen LogP contribution in [0.3, 0.4) is 0 Å². The third-order valence-electron chi connectivity index (χ3n) is 4.86. The molecule has 2 aliphatic rings. The lowest BCUT2D eigenvalue weighted by atomic mass is 9.96. The molecule has 1 aromatic carbocycles. The molecule has 1 aromatic heterocycles. The fourth-order valence-corrected chi connectivity index (χ4v) is 3.83. The summed E-state index contributed by atoms with van der Waals surface area (Å²) in [5.41, 5.74) is 0.632. The monoisotopic (exact) mass is 357 g/mol. The molecular formula is C19H20ClN3O2. The number of hydrogen-bond donors (Lipinski definition) is 1. The Morgan fingerprint density at radius 1 is 1.24 bits per heavy atom. The molecule has 0 radical (unpaired) electrons. The number of hydrogen-bond acceptors (Lipinski definition) is 4. The Labute approximate surface area is 152 Å². The summed E-state index contributed by atoms with van der Waals surface area (Å²) in [6.07, 6.45) is 3.96. The topological polar surface area (TPSA) is 54.5 Å². The highest BCUT2D eigenvalue weighted by molar-refractivity contribution is 6.31. The highest BCUT2D eigenvalue weighted by Crippen LogP contribution is 2.28. The lowest BCUT2D eigenvalue weighted by molar-refractivity contribution is 0.0909. The van der Waals surface area contributed by atoms with Crippen molar-refractivity contribution < 1.29 is 9.53 Å². The van der Waals surface area contributed by atoms with Gasteiger partial charge in [0.25, 0.3) is 5.91 Å². The van der Waals surface area contributed by atoms with E-state index in [4.69, 9.17) is 16.3 Å². The van der Waals surface area contributed by atoms with Gasteiger partial charge in [-0.25, -0.2) is 4.98 Å². The molecule has 1 N–H and O–H groups in total. The molecule has 1 amide bonds. The van der Waals surface area contributed by atoms with Gasteiger partial charge in [0.2, 0.25) is 5.88 Å². The Morgan fingerprint density at radius 3 is 2.84 bits per heavy atom. The summed E-state index contributed by atoms with van der Waals surface area (Å²) in [6.45, 7) is 3.31. The van der Waals surface area contributed by atoms with Crippen LogP contribution in [0.25, 0.3) is 0 Å². The summed E-state index contributed by atoms with van der Waals surface area (Å²) in [6, 6.07) is 10.8. The second-order valence-electron chi connectivity index (χ2n) is 6.74. The summed E-state index contributed by atoms with van der Waals surface area (Å²) in [4.78, 5) is 19.0. The zero-order valence-corrected chi connectivity index (χ0v) is 14.6. The Morgan fingerprint density at radius 2 is 2.08 bits per heavy atom. The summed E-state index contributed by atoms with van der Waals surface area (Å²) in [5, 5.41) is 3.61. The van der Waals surface area contributed by atoms with Gasteiger partial charge in [-0.05, 0) is 61.7 Å². The van der Waals surface area contributed by atoms with Gasteiger partial charge in [0.1, 0.15) is 10.8 Å². The van der Waals surface area contributed by atoms with Crippen LogP contribution < -0.4 is 10.1 Å². The van der Waals surface area contributed by atoms with Gasteiger partial charge in [-0.15, -0.1) is 0 Å². The molecule has 2 saturated heterocycles. The van der Waals surface area contributed by atoms with Crippen LogP contribution in [0, 0.1) is 5.92 Å². The average molecular weight is 358 g/mol. The number of halogens is 1. The third kappa shape index (κ3) is 3.78. The molecule has 6 heteroatoms. The smallest absolute Gasteiger partial charge is 0.251 e. The minimum absolute atomic E-state index is 0.0325. The lowest BCUT2D eigenvalue weighted by Gasteiger charge is -2.30. The highest BCUT2D eigenvalue weighted by atomic mass is 35.5. The van der Waals surface area contributed by atoms with Crippen molar-refractivity contribution in [3.8, 4) is 11.6 Å². The number of carbonyl (C=O) groups excluding carboxylic acids is 1. The minimum atomic E-state index is -0.0325. The number of ether oxygens (including phenoxy) is 1. The lowest BCUT2D eigenvalue weighted by Crippen LogP contribution is -2.46. The van der Waals surface area contributed by atoms with E-state index in [1.54, 1.807) is 42.6 Å². The average Bonchev–Trinajstić information content (AvgIpc) is 2.96. The van der Waals surface area contributed by atoms with Gasteiger partial charge < -0.3 is 15.0 Å². The molecule has 4 rings (SSSR count). The first-order valence-electron chi connectivity index (χ1n) is 8.59. The number of pyridine rings is 1. The molecule has 0 saturated carbocycles. The predicted molar refractivity (Wildman–Crippen MR) is 96.2 cm³/mol. The van der Waals surface area contributed by atoms with Crippen LogP contribution in [-0.4, -0.2) is 41.5 Å². The van der Waals surface area contributed by atoms with Crippen molar-refractivity contribution in [2.24, 2.45) is 5.92 Å². The Balaban J connectivity index is 1.38. The van der Waals surface area contributed by atoms with Crippen molar-refractivity contribution in [3.63, 3.8) is 0 Å². The molecule has 1 unspecified atom stereocenters. The molecule has 2 fully saturated rings. The van der Waals surface area contributed by atoms with E-state index in [1.165, 1.54) is 19.5 Å². The van der Waals surface area contributed by atoms with Crippen LogP contribution in [0.4, 0.5) is 0 Å². The molecule has 3 atom stereocenters. The van der Waals surface area contributed by atoms with E-state index in [1.807, 2.05) is 0 Å². The van der Waals surface area contributed by atoms with Crippen molar-refractivity contribution in [2.75, 3.05) is 19.6 Å². The van der Waals surface area contributed by atoms with Crippen LogP contribution in [0.15, 0.2) is 42.6 Å². The molecule has 0 aliphatic carbocycles. The third-order valence-corrected chi connectivity index (χ3v) is 5.15. The molecule has 2 bridgehead atoms. The van der Waals surface area contributed by atoms with Crippen LogP contribution in [0.1, 0.15) is 23.2 Å². The van der Waals surface area contributed by atoms with Crippen molar-refractivity contribution in [2.45, 2.75) is 18.9 Å². The van der Waals surface area contributed by atoms with Crippen molar-refractivity contribution in [3.05, 3.63) is 53.2 Å². The first-order valence-corrected chi connectivity index (χ1v) is 8.97. The summed E-state index contributed by atoms with van der Waals surface area (Å²) in [7, 11) is 0. The number of nitrogens with zero attached hydrogens (tertiary/aromatic N) is 2. The van der Waals surface area contributed by atoms with E-state index in [2.05, 4.69) is 15.2 Å². The molecule has 0 spiro atoms. The van der Waals surface area contributed by atoms with E-state index in [-0.39, 0.29) is 11.9 Å². The maximum Gasteiger partial charge on any atom is 0.251 e. The Hall–Kier alpha value is -2.11. The molecule has 2 aromatic rings. The zero-order valence-electron chi connectivity index (χ0n) is 13.8. The van der Waals surface area contributed by atoms with Gasteiger partial charge in [0, 0.05) is 30.9 Å². The number of aromatic nitrogens is 1. The normalized spacial score (nSPS) is 24.8. The summed E-state index contributed by atoms with van der Waals surface area (Å²) >= 11 is 6.04. The minimum Gasteiger partial charge on any atom is -0.438 e. The quantitative estimate of drug-likeness (QED) is 0.911. The Bertz CT molecular complexity index is 754. The largest absolute Gasteiger partial charge is 0.438 e. The van der Waals surface area contributed by atoms with E-state index in [0.29, 0.717) is 22.2 Å². The fraction of sp³-hybridized carbons (Fsp3) is 0.368. The standard InChI is InChI=1S/C19H20ClN3O2/c20-17-2-1-8-21-19(17)25-16-5-3-14(4-6-16)18(24)22-15-10-13-7-9-23(11-13)12-15/h1-6,8,13,15H,7,9-12H2,(H,22,24)/t13-,15-/m1/s1. The second kappa shape index (κ2) is 7.02. The van der Waals surface area contributed by atoms with E-state index >= 15 is 0 Å². The molecule has 130 valence electrons. The number of piperidine rings is 1. The molecule has 2 aliphatic heterocycles. The first kappa shape index (κ1) is 16.4. The number of fused-ring (bicyclic) bond motifs is 2. The molecule has 5 nitrogen and oxygen atoms in total. The predicted octanol–water partition coefficient (Wildman–Crippen LogP) is 3.35. The SMILES string of the molecule is O=C(N[C@@H]1C[C@H]2CCN(C2)C1)c1ccc(Oc2ncccc2Cl)cc1. The Kier molecular flexibility index (Phi) is 4.59. The van der Waals surface area contributed by atoms with Gasteiger partial charge >= 0.3 is 0 Å². The first-order chi connectivity index (χ1) is 12.2. The number of benzene rings is 1. The fourth-order valence-electron chi connectivity index (χ4n) is 3.67. The van der Waals surface area contributed by atoms with Crippen LogP contribution in [-0.2, 0) is 0 Å². The van der Waals surface area contributed by atoms with Gasteiger partial charge in [0.15, 0.2) is 0 Å². The number of amides is 1. The molecular weight excluding hydrogens is 338 g/mol. The zero-order chi connectivity index (χ0) is 17.2. The molecule has 25 heavy (non-hydrogen) atoms. The second-order valence-corrected chi connectivity index (χ2v) is 7.14. The van der Waals surface area contributed by atoms with Crippen LogP contribution >= 0.6 is 11.6 Å². The summed E-state index contributed by atoms with van der Waals surface area (Å²) < 4.78 is 5.65. The summed E-state index contributed by atoms with van der Waals surface area (Å²) in [5.74, 6) is 1.65. The van der Waals surface area contributed by atoms with Gasteiger partial charge in [-0.3, -0.25) is 4.79 Å². The number of carbonyl (C=O) groups is 1. The van der Waals surface area contributed by atoms with Gasteiger partial charge in [-0.1, -0.05) is 11.6 Å². The highest BCUT2D eigenvalue weighted by Gasteiger charge is 2.32. The van der Waals surface area contributed by atoms with Crippen molar-refractivity contribution in [1.29, 1.82) is 0 Å². The van der Waals surface area contributed by atoms with Crippen LogP contribution in [0.5, 0.6) is 11.6 Å². The van der Waals surface area contributed by atoms with Gasteiger partial charge in [-0.2, -0.15) is 0 Å². The van der Waals surface area contributed by atoms with Crippen LogP contribution in [0.2, 0.25) is 5.02 Å². The van der Waals surface area contributed by atoms with Crippen molar-refractivity contribution in [1.82, 2.24) is 15.2 Å². The van der Waals surface area contributed by atoms with E-state index in [0.717, 1.165) is 18.9 Å². The van der Waals surface area contributed by atoms with E-state index < -0.39 is 0 Å². The molecule has 3 heterocycles. The van der Waals surface area contributed by atoms with E-state index in [9.17, 15) is 4.79 Å². The number of nitrogens with one attached hydrogen (secondary N) is 1. The maximum atomic E-state index is 12.5. The van der Waals surface area contributed by atoms with Gasteiger partial charge in [0.05, 0.1) is 0 Å².